The molecule has 98 valence electrons. The summed E-state index contributed by atoms with van der Waals surface area (Å²) in [5, 5.41) is 8.72. The molecule has 2 amide bonds. The van der Waals surface area contributed by atoms with E-state index in [0.29, 0.717) is 18.7 Å². The first-order valence-electron chi connectivity index (χ1n) is 6.18. The third-order valence-electron chi connectivity index (χ3n) is 3.20. The van der Waals surface area contributed by atoms with Crippen molar-refractivity contribution in [3.05, 3.63) is 35.4 Å². The topological polar surface area (TPSA) is 64.4 Å². The summed E-state index contributed by atoms with van der Waals surface area (Å²) in [7, 11) is 0. The number of carbonyl (C=O) groups excluding carboxylic acids is 2. The zero-order valence-corrected chi connectivity index (χ0v) is 10.8. The van der Waals surface area contributed by atoms with Crippen molar-refractivity contribution in [3.63, 3.8) is 0 Å². The smallest absolute Gasteiger partial charge is 0.242 e. The lowest BCUT2D eigenvalue weighted by molar-refractivity contribution is -0.150. The second-order valence-corrected chi connectivity index (χ2v) is 4.47. The largest absolute Gasteiger partial charge is 0.332 e. The van der Waals surface area contributed by atoms with Crippen LogP contribution in [0.25, 0.3) is 0 Å². The maximum atomic E-state index is 11.9. The van der Waals surface area contributed by atoms with Gasteiger partial charge in [0.1, 0.15) is 6.54 Å². The molecule has 5 heteroatoms. The Hall–Kier alpha value is -2.35. The first-order valence-corrected chi connectivity index (χ1v) is 6.18. The monoisotopic (exact) mass is 257 g/mol. The molecule has 0 N–H and O–H groups in total. The number of likely N-dealkylation sites (N-methyl/N-ethyl adjacent to an activating group) is 1. The lowest BCUT2D eigenvalue weighted by Gasteiger charge is -2.33. The molecule has 0 saturated carbocycles. The fourth-order valence-electron chi connectivity index (χ4n) is 2.04. The van der Waals surface area contributed by atoms with Gasteiger partial charge < -0.3 is 9.80 Å². The molecule has 0 atom stereocenters. The fraction of sp³-hybridized carbons (Fsp3) is 0.357. The highest BCUT2D eigenvalue weighted by Gasteiger charge is 2.28. The Kier molecular flexibility index (Phi) is 3.81. The van der Waals surface area contributed by atoms with Gasteiger partial charge in [-0.2, -0.15) is 5.26 Å². The summed E-state index contributed by atoms with van der Waals surface area (Å²) < 4.78 is 0. The molecule has 5 nitrogen and oxygen atoms in total. The van der Waals surface area contributed by atoms with E-state index in [0.717, 1.165) is 5.56 Å². The van der Waals surface area contributed by atoms with Crippen molar-refractivity contribution >= 4 is 11.8 Å². The maximum Gasteiger partial charge on any atom is 0.242 e. The Balaban J connectivity index is 2.04. The highest BCUT2D eigenvalue weighted by atomic mass is 16.2. The molecular formula is C14H15N3O2. The van der Waals surface area contributed by atoms with Gasteiger partial charge in [0.05, 0.1) is 18.2 Å². The fourth-order valence-corrected chi connectivity index (χ4v) is 2.04. The maximum absolute atomic E-state index is 11.9. The molecule has 1 saturated heterocycles. The summed E-state index contributed by atoms with van der Waals surface area (Å²) in [4.78, 5) is 26.8. The molecular weight excluding hydrogens is 242 g/mol. The number of piperazine rings is 1. The van der Waals surface area contributed by atoms with Crippen molar-refractivity contribution in [1.29, 1.82) is 5.26 Å². The number of nitriles is 1. The van der Waals surface area contributed by atoms with E-state index in [2.05, 4.69) is 0 Å². The summed E-state index contributed by atoms with van der Waals surface area (Å²) >= 11 is 0. The predicted molar refractivity (Wildman–Crippen MR) is 68.8 cm³/mol. The van der Waals surface area contributed by atoms with Gasteiger partial charge >= 0.3 is 0 Å². The van der Waals surface area contributed by atoms with Gasteiger partial charge in [0.25, 0.3) is 0 Å². The molecule has 0 aromatic heterocycles. The Morgan fingerprint density at radius 1 is 1.11 bits per heavy atom. The highest BCUT2D eigenvalue weighted by Crippen LogP contribution is 2.11. The summed E-state index contributed by atoms with van der Waals surface area (Å²) in [6.07, 6.45) is 0. The zero-order chi connectivity index (χ0) is 13.8. The minimum Gasteiger partial charge on any atom is -0.332 e. The number of hydrogen-bond acceptors (Lipinski definition) is 3. The molecule has 1 aliphatic rings. The average Bonchev–Trinajstić information content (AvgIpc) is 2.43. The van der Waals surface area contributed by atoms with Gasteiger partial charge in [0.2, 0.25) is 11.8 Å². The van der Waals surface area contributed by atoms with Crippen molar-refractivity contribution in [2.24, 2.45) is 0 Å². The van der Waals surface area contributed by atoms with E-state index in [-0.39, 0.29) is 24.9 Å². The molecule has 1 heterocycles. The molecule has 0 aliphatic carbocycles. The van der Waals surface area contributed by atoms with E-state index in [1.807, 2.05) is 25.1 Å². The van der Waals surface area contributed by atoms with Gasteiger partial charge in [-0.15, -0.1) is 0 Å². The minimum atomic E-state index is -0.0363. The third-order valence-corrected chi connectivity index (χ3v) is 3.20. The van der Waals surface area contributed by atoms with Crippen LogP contribution in [0.5, 0.6) is 0 Å². The molecule has 0 unspecified atom stereocenters. The van der Waals surface area contributed by atoms with E-state index < -0.39 is 0 Å². The van der Waals surface area contributed by atoms with Crippen molar-refractivity contribution in [2.75, 3.05) is 19.6 Å². The summed E-state index contributed by atoms with van der Waals surface area (Å²) in [5.74, 6) is -0.0541. The normalized spacial score (nSPS) is 15.6. The molecule has 0 bridgehead atoms. The van der Waals surface area contributed by atoms with Gasteiger partial charge in [-0.3, -0.25) is 9.59 Å². The van der Waals surface area contributed by atoms with Crippen LogP contribution < -0.4 is 0 Å². The van der Waals surface area contributed by atoms with Crippen molar-refractivity contribution in [1.82, 2.24) is 9.80 Å². The lowest BCUT2D eigenvalue weighted by atomic mass is 10.1. The van der Waals surface area contributed by atoms with Gasteiger partial charge in [-0.1, -0.05) is 12.1 Å². The van der Waals surface area contributed by atoms with Crippen LogP contribution in [-0.2, 0) is 16.1 Å². The quantitative estimate of drug-likeness (QED) is 0.802. The summed E-state index contributed by atoms with van der Waals surface area (Å²) in [6.45, 7) is 3.13. The van der Waals surface area contributed by atoms with Crippen molar-refractivity contribution in [2.45, 2.75) is 13.5 Å². The van der Waals surface area contributed by atoms with Crippen LogP contribution in [0.15, 0.2) is 24.3 Å². The van der Waals surface area contributed by atoms with E-state index in [4.69, 9.17) is 5.26 Å². The standard InChI is InChI=1S/C14H15N3O2/c1-2-16-9-14(19)17(10-13(16)18)8-12-5-3-11(7-15)4-6-12/h3-6H,2,8-10H2,1H3. The zero-order valence-electron chi connectivity index (χ0n) is 10.8. The third kappa shape index (κ3) is 2.91. The van der Waals surface area contributed by atoms with Gasteiger partial charge in [0.15, 0.2) is 0 Å². The van der Waals surface area contributed by atoms with E-state index >= 15 is 0 Å². The van der Waals surface area contributed by atoms with Crippen LogP contribution in [0.4, 0.5) is 0 Å². The van der Waals surface area contributed by atoms with Crippen molar-refractivity contribution < 1.29 is 9.59 Å². The molecule has 19 heavy (non-hydrogen) atoms. The average molecular weight is 257 g/mol. The SMILES string of the molecule is CCN1CC(=O)N(Cc2ccc(C#N)cc2)CC1=O. The van der Waals surface area contributed by atoms with Gasteiger partial charge in [-0.05, 0) is 24.6 Å². The number of amides is 2. The minimum absolute atomic E-state index is 0.0178. The number of hydrogen-bond donors (Lipinski definition) is 0. The molecule has 1 fully saturated rings. The van der Waals surface area contributed by atoms with E-state index in [1.165, 1.54) is 0 Å². The summed E-state index contributed by atoms with van der Waals surface area (Å²) in [5.41, 5.74) is 1.51. The van der Waals surface area contributed by atoms with E-state index in [9.17, 15) is 9.59 Å². The predicted octanol–water partition coefficient (Wildman–Crippen LogP) is 0.749. The van der Waals surface area contributed by atoms with Crippen LogP contribution >= 0.6 is 0 Å². The Labute approximate surface area is 112 Å². The molecule has 1 aromatic carbocycles. The van der Waals surface area contributed by atoms with Crippen molar-refractivity contribution in [3.8, 4) is 6.07 Å². The number of benzene rings is 1. The van der Waals surface area contributed by atoms with Crippen LogP contribution in [0.1, 0.15) is 18.1 Å². The Morgan fingerprint density at radius 2 is 1.68 bits per heavy atom. The van der Waals surface area contributed by atoms with Crippen LogP contribution in [0.3, 0.4) is 0 Å². The first kappa shape index (κ1) is 13.1. The Bertz CT molecular complexity index is 531. The number of carbonyl (C=O) groups is 2. The highest BCUT2D eigenvalue weighted by molar-refractivity contribution is 5.92. The molecule has 0 spiro atoms. The summed E-state index contributed by atoms with van der Waals surface area (Å²) in [6, 6.07) is 9.09. The number of nitrogens with zero attached hydrogens (tertiary/aromatic N) is 3. The van der Waals surface area contributed by atoms with Crippen LogP contribution in [0, 0.1) is 11.3 Å². The Morgan fingerprint density at radius 3 is 2.26 bits per heavy atom. The van der Waals surface area contributed by atoms with Gasteiger partial charge in [-0.25, -0.2) is 0 Å². The number of rotatable bonds is 3. The molecule has 0 radical (unpaired) electrons. The van der Waals surface area contributed by atoms with E-state index in [1.54, 1.807) is 21.9 Å². The molecule has 2 rings (SSSR count). The first-order chi connectivity index (χ1) is 9.13. The molecule has 1 aromatic rings. The second kappa shape index (κ2) is 5.53. The lowest BCUT2D eigenvalue weighted by Crippen LogP contribution is -2.53. The van der Waals surface area contributed by atoms with Crippen LogP contribution in [-0.4, -0.2) is 41.2 Å². The second-order valence-electron chi connectivity index (χ2n) is 4.47. The van der Waals surface area contributed by atoms with Gasteiger partial charge in [0, 0.05) is 13.1 Å². The van der Waals surface area contributed by atoms with Crippen LogP contribution in [0.2, 0.25) is 0 Å². The molecule has 1 aliphatic heterocycles.